The number of amides is 1. The van der Waals surface area contributed by atoms with Crippen molar-refractivity contribution in [1.82, 2.24) is 4.90 Å². The van der Waals surface area contributed by atoms with Gasteiger partial charge in [-0.05, 0) is 54.4 Å². The summed E-state index contributed by atoms with van der Waals surface area (Å²) in [6.45, 7) is 8.04. The van der Waals surface area contributed by atoms with Crippen molar-refractivity contribution in [3.05, 3.63) is 22.2 Å². The highest BCUT2D eigenvalue weighted by atomic mass is 79.9. The zero-order chi connectivity index (χ0) is 15.8. The molecule has 118 valence electrons. The molecular weight excluding hydrogens is 336 g/mol. The number of rotatable bonds is 8. The van der Waals surface area contributed by atoms with Crippen LogP contribution in [-0.4, -0.2) is 37.1 Å². The molecule has 0 aliphatic rings. The summed E-state index contributed by atoms with van der Waals surface area (Å²) in [5.74, 6) is 1.09. The molecule has 6 heteroatoms. The molecule has 0 unspecified atom stereocenters. The molecule has 5 nitrogen and oxygen atoms in total. The first-order valence-electron chi connectivity index (χ1n) is 7.13. The predicted molar refractivity (Wildman–Crippen MR) is 86.6 cm³/mol. The van der Waals surface area contributed by atoms with Crippen LogP contribution in [0.3, 0.4) is 0 Å². The minimum absolute atomic E-state index is 0.0116. The number of ether oxygens (including phenoxy) is 2. The van der Waals surface area contributed by atoms with Gasteiger partial charge in [-0.25, -0.2) is 0 Å². The minimum atomic E-state index is -0.0442. The summed E-state index contributed by atoms with van der Waals surface area (Å²) in [7, 11) is 0. The molecule has 0 atom stereocenters. The maximum Gasteiger partial charge on any atom is 0.260 e. The summed E-state index contributed by atoms with van der Waals surface area (Å²) in [4.78, 5) is 13.7. The third-order valence-electron chi connectivity index (χ3n) is 3.06. The first-order chi connectivity index (χ1) is 10.1. The van der Waals surface area contributed by atoms with Gasteiger partial charge in [0.05, 0.1) is 11.1 Å². The SMILES string of the molecule is CCOc1cc(CN)cc(Br)c1OCC(=O)N(CC)CC. The molecule has 0 saturated heterocycles. The van der Waals surface area contributed by atoms with E-state index in [2.05, 4.69) is 15.9 Å². The van der Waals surface area contributed by atoms with E-state index >= 15 is 0 Å². The molecule has 1 aromatic carbocycles. The van der Waals surface area contributed by atoms with Gasteiger partial charge in [-0.1, -0.05) is 0 Å². The van der Waals surface area contributed by atoms with Crippen LogP contribution in [0.25, 0.3) is 0 Å². The minimum Gasteiger partial charge on any atom is -0.490 e. The molecule has 0 radical (unpaired) electrons. The van der Waals surface area contributed by atoms with Gasteiger partial charge in [0.1, 0.15) is 0 Å². The topological polar surface area (TPSA) is 64.8 Å². The number of benzene rings is 1. The van der Waals surface area contributed by atoms with Crippen LogP contribution in [0.4, 0.5) is 0 Å². The van der Waals surface area contributed by atoms with E-state index in [-0.39, 0.29) is 12.5 Å². The average Bonchev–Trinajstić information content (AvgIpc) is 2.47. The number of hydrogen-bond acceptors (Lipinski definition) is 4. The molecular formula is C15H23BrN2O3. The zero-order valence-corrected chi connectivity index (χ0v) is 14.4. The number of hydrogen-bond donors (Lipinski definition) is 1. The molecule has 2 N–H and O–H groups in total. The largest absolute Gasteiger partial charge is 0.490 e. The molecule has 0 spiro atoms. The fourth-order valence-electron chi connectivity index (χ4n) is 1.94. The molecule has 0 aliphatic heterocycles. The molecule has 0 heterocycles. The van der Waals surface area contributed by atoms with Gasteiger partial charge < -0.3 is 20.1 Å². The van der Waals surface area contributed by atoms with Crippen molar-refractivity contribution in [1.29, 1.82) is 0 Å². The summed E-state index contributed by atoms with van der Waals surface area (Å²) >= 11 is 3.44. The molecule has 1 amide bonds. The van der Waals surface area contributed by atoms with Crippen LogP contribution < -0.4 is 15.2 Å². The molecule has 1 rings (SSSR count). The van der Waals surface area contributed by atoms with E-state index in [1.54, 1.807) is 4.90 Å². The van der Waals surface area contributed by atoms with Crippen molar-refractivity contribution >= 4 is 21.8 Å². The van der Waals surface area contributed by atoms with E-state index in [9.17, 15) is 4.79 Å². The van der Waals surface area contributed by atoms with E-state index in [4.69, 9.17) is 15.2 Å². The van der Waals surface area contributed by atoms with Crippen molar-refractivity contribution < 1.29 is 14.3 Å². The Morgan fingerprint density at radius 2 is 1.90 bits per heavy atom. The Morgan fingerprint density at radius 3 is 2.43 bits per heavy atom. The van der Waals surface area contributed by atoms with E-state index in [0.29, 0.717) is 37.7 Å². The quantitative estimate of drug-likeness (QED) is 0.775. The van der Waals surface area contributed by atoms with Crippen LogP contribution in [0.2, 0.25) is 0 Å². The number of nitrogens with two attached hydrogens (primary N) is 1. The van der Waals surface area contributed by atoms with Crippen LogP contribution in [0, 0.1) is 0 Å². The molecule has 0 fully saturated rings. The predicted octanol–water partition coefficient (Wildman–Crippen LogP) is 2.55. The first-order valence-corrected chi connectivity index (χ1v) is 7.92. The smallest absolute Gasteiger partial charge is 0.260 e. The number of nitrogens with zero attached hydrogens (tertiary/aromatic N) is 1. The normalized spacial score (nSPS) is 10.3. The molecule has 0 bridgehead atoms. The van der Waals surface area contributed by atoms with Crippen LogP contribution in [0.1, 0.15) is 26.3 Å². The van der Waals surface area contributed by atoms with Gasteiger partial charge in [-0.15, -0.1) is 0 Å². The molecule has 0 aliphatic carbocycles. The van der Waals surface area contributed by atoms with Crippen LogP contribution in [0.5, 0.6) is 11.5 Å². The third-order valence-corrected chi connectivity index (χ3v) is 3.65. The van der Waals surface area contributed by atoms with Gasteiger partial charge in [-0.2, -0.15) is 0 Å². The van der Waals surface area contributed by atoms with E-state index in [0.717, 1.165) is 10.0 Å². The maximum atomic E-state index is 12.0. The third kappa shape index (κ3) is 4.89. The fraction of sp³-hybridized carbons (Fsp3) is 0.533. The summed E-state index contributed by atoms with van der Waals surface area (Å²) in [5.41, 5.74) is 6.59. The lowest BCUT2D eigenvalue weighted by Crippen LogP contribution is -2.34. The number of likely N-dealkylation sites (N-methyl/N-ethyl adjacent to an activating group) is 1. The van der Waals surface area contributed by atoms with Gasteiger partial charge in [0.25, 0.3) is 5.91 Å². The first kappa shape index (κ1) is 17.8. The Bertz CT molecular complexity index is 476. The number of carbonyl (C=O) groups excluding carboxylic acids is 1. The van der Waals surface area contributed by atoms with Gasteiger partial charge in [0.2, 0.25) is 0 Å². The maximum absolute atomic E-state index is 12.0. The van der Waals surface area contributed by atoms with Crippen molar-refractivity contribution in [2.75, 3.05) is 26.3 Å². The summed E-state index contributed by atoms with van der Waals surface area (Å²) in [6.07, 6.45) is 0. The van der Waals surface area contributed by atoms with Gasteiger partial charge in [-0.3, -0.25) is 4.79 Å². The lowest BCUT2D eigenvalue weighted by atomic mass is 10.2. The second-order valence-electron chi connectivity index (χ2n) is 4.40. The second-order valence-corrected chi connectivity index (χ2v) is 5.25. The van der Waals surface area contributed by atoms with Gasteiger partial charge >= 0.3 is 0 Å². The number of carbonyl (C=O) groups is 1. The lowest BCUT2D eigenvalue weighted by molar-refractivity contribution is -0.133. The summed E-state index contributed by atoms with van der Waals surface area (Å²) in [5, 5.41) is 0. The monoisotopic (exact) mass is 358 g/mol. The summed E-state index contributed by atoms with van der Waals surface area (Å²) in [6, 6.07) is 3.71. The Hall–Kier alpha value is -1.27. The van der Waals surface area contributed by atoms with Crippen LogP contribution in [-0.2, 0) is 11.3 Å². The van der Waals surface area contributed by atoms with E-state index in [1.165, 1.54) is 0 Å². The average molecular weight is 359 g/mol. The lowest BCUT2D eigenvalue weighted by Gasteiger charge is -2.20. The van der Waals surface area contributed by atoms with Crippen LogP contribution in [0.15, 0.2) is 16.6 Å². The van der Waals surface area contributed by atoms with Gasteiger partial charge in [0, 0.05) is 19.6 Å². The van der Waals surface area contributed by atoms with E-state index in [1.807, 2.05) is 32.9 Å². The van der Waals surface area contributed by atoms with Crippen molar-refractivity contribution in [2.45, 2.75) is 27.3 Å². The van der Waals surface area contributed by atoms with Crippen molar-refractivity contribution in [3.63, 3.8) is 0 Å². The second kappa shape index (κ2) is 8.89. The Morgan fingerprint density at radius 1 is 1.24 bits per heavy atom. The molecule has 1 aromatic rings. The van der Waals surface area contributed by atoms with E-state index < -0.39 is 0 Å². The highest BCUT2D eigenvalue weighted by Gasteiger charge is 2.15. The van der Waals surface area contributed by atoms with Gasteiger partial charge in [0.15, 0.2) is 18.1 Å². The summed E-state index contributed by atoms with van der Waals surface area (Å²) < 4.78 is 12.0. The van der Waals surface area contributed by atoms with Crippen LogP contribution >= 0.6 is 15.9 Å². The Kier molecular flexibility index (Phi) is 7.53. The molecule has 0 saturated carbocycles. The standard InChI is InChI=1S/C15H23BrN2O3/c1-4-18(5-2)14(19)10-21-15-12(16)7-11(9-17)8-13(15)20-6-3/h7-8H,4-6,9-10,17H2,1-3H3. The molecule has 21 heavy (non-hydrogen) atoms. The highest BCUT2D eigenvalue weighted by molar-refractivity contribution is 9.10. The zero-order valence-electron chi connectivity index (χ0n) is 12.8. The van der Waals surface area contributed by atoms with Crippen molar-refractivity contribution in [2.24, 2.45) is 5.73 Å². The number of halogens is 1. The molecule has 0 aromatic heterocycles. The Balaban J connectivity index is 2.89. The Labute approximate surface area is 134 Å². The highest BCUT2D eigenvalue weighted by Crippen LogP contribution is 2.36. The fourth-order valence-corrected chi connectivity index (χ4v) is 2.55. The van der Waals surface area contributed by atoms with Crippen molar-refractivity contribution in [3.8, 4) is 11.5 Å².